The first-order valence-corrected chi connectivity index (χ1v) is 8.84. The summed E-state index contributed by atoms with van der Waals surface area (Å²) in [6.07, 6.45) is 1.64. The lowest BCUT2D eigenvalue weighted by Crippen LogP contribution is -2.05. The molecule has 0 saturated heterocycles. The van der Waals surface area contributed by atoms with Gasteiger partial charge in [0.1, 0.15) is 5.82 Å². The minimum Gasteiger partial charge on any atom is -0.383 e. The zero-order valence-corrected chi connectivity index (χ0v) is 15.6. The molecule has 2 aromatic heterocycles. The minimum absolute atomic E-state index is 0.358. The Hall–Kier alpha value is -2.34. The Morgan fingerprint density at radius 3 is 2.31 bits per heavy atom. The van der Waals surface area contributed by atoms with Crippen LogP contribution in [0.25, 0.3) is 22.4 Å². The molecule has 0 atom stereocenters. The standard InChI is InChI=1S/C18H12Cl3N5/c19-11-6-4-10(5-7-11)17-24-16(22)12-8-23-26(18(12)25-17)9-13-14(20)2-1-3-15(13)21/h1-8H,9H2,(H2,22,24,25). The molecule has 8 heteroatoms. The summed E-state index contributed by atoms with van der Waals surface area (Å²) in [5.41, 5.74) is 8.30. The number of aromatic nitrogens is 4. The van der Waals surface area contributed by atoms with Crippen molar-refractivity contribution in [3.63, 3.8) is 0 Å². The van der Waals surface area contributed by atoms with E-state index in [1.54, 1.807) is 41.2 Å². The van der Waals surface area contributed by atoms with Crippen molar-refractivity contribution in [3.8, 4) is 11.4 Å². The first-order valence-electron chi connectivity index (χ1n) is 7.71. The number of anilines is 1. The van der Waals surface area contributed by atoms with E-state index in [4.69, 9.17) is 40.5 Å². The van der Waals surface area contributed by atoms with Gasteiger partial charge in [0.25, 0.3) is 0 Å². The first-order chi connectivity index (χ1) is 12.5. The maximum absolute atomic E-state index is 6.28. The quantitative estimate of drug-likeness (QED) is 0.516. The van der Waals surface area contributed by atoms with Crippen LogP contribution in [0.3, 0.4) is 0 Å². The molecule has 0 fully saturated rings. The number of nitrogen functional groups attached to an aromatic ring is 1. The molecule has 2 heterocycles. The van der Waals surface area contributed by atoms with E-state index in [1.165, 1.54) is 0 Å². The number of nitrogens with two attached hydrogens (primary N) is 1. The molecule has 0 saturated carbocycles. The molecule has 0 aliphatic heterocycles. The van der Waals surface area contributed by atoms with Crippen molar-refractivity contribution in [3.05, 3.63) is 69.3 Å². The fourth-order valence-corrected chi connectivity index (χ4v) is 3.30. The summed E-state index contributed by atoms with van der Waals surface area (Å²) in [5, 5.41) is 6.83. The van der Waals surface area contributed by atoms with Crippen molar-refractivity contribution in [2.45, 2.75) is 6.54 Å². The van der Waals surface area contributed by atoms with E-state index in [1.807, 2.05) is 12.1 Å². The molecule has 0 bridgehead atoms. The molecule has 5 nitrogen and oxygen atoms in total. The zero-order chi connectivity index (χ0) is 18.3. The SMILES string of the molecule is Nc1nc(-c2ccc(Cl)cc2)nc2c1cnn2Cc1c(Cl)cccc1Cl. The van der Waals surface area contributed by atoms with Gasteiger partial charge in [-0.1, -0.05) is 40.9 Å². The second-order valence-corrected chi connectivity index (χ2v) is 6.93. The third-order valence-corrected chi connectivity index (χ3v) is 4.96. The second-order valence-electron chi connectivity index (χ2n) is 5.68. The van der Waals surface area contributed by atoms with Gasteiger partial charge in [0, 0.05) is 26.2 Å². The molecule has 4 aromatic rings. The van der Waals surface area contributed by atoms with Crippen LogP contribution in [0, 0.1) is 0 Å². The van der Waals surface area contributed by atoms with Gasteiger partial charge in [-0.2, -0.15) is 5.10 Å². The Kier molecular flexibility index (Phi) is 4.44. The van der Waals surface area contributed by atoms with Gasteiger partial charge in [-0.15, -0.1) is 0 Å². The third-order valence-electron chi connectivity index (χ3n) is 4.00. The van der Waals surface area contributed by atoms with E-state index in [2.05, 4.69) is 15.1 Å². The van der Waals surface area contributed by atoms with E-state index < -0.39 is 0 Å². The van der Waals surface area contributed by atoms with Gasteiger partial charge in [-0.3, -0.25) is 0 Å². The van der Waals surface area contributed by atoms with Gasteiger partial charge in [-0.25, -0.2) is 14.6 Å². The summed E-state index contributed by atoms with van der Waals surface area (Å²) in [4.78, 5) is 9.01. The van der Waals surface area contributed by atoms with Crippen molar-refractivity contribution in [2.75, 3.05) is 5.73 Å². The van der Waals surface area contributed by atoms with Gasteiger partial charge in [0.15, 0.2) is 11.5 Å². The fourth-order valence-electron chi connectivity index (χ4n) is 2.65. The smallest absolute Gasteiger partial charge is 0.164 e. The molecule has 2 N–H and O–H groups in total. The molecule has 2 aromatic carbocycles. The largest absolute Gasteiger partial charge is 0.383 e. The highest BCUT2D eigenvalue weighted by atomic mass is 35.5. The Bertz CT molecular complexity index is 1090. The molecule has 0 aliphatic rings. The van der Waals surface area contributed by atoms with Crippen LogP contribution in [0.4, 0.5) is 5.82 Å². The zero-order valence-electron chi connectivity index (χ0n) is 13.3. The molecule has 0 radical (unpaired) electrons. The van der Waals surface area contributed by atoms with Gasteiger partial charge in [-0.05, 0) is 36.4 Å². The maximum atomic E-state index is 6.28. The summed E-state index contributed by atoms with van der Waals surface area (Å²) in [6.45, 7) is 0.374. The third kappa shape index (κ3) is 3.09. The average molecular weight is 405 g/mol. The lowest BCUT2D eigenvalue weighted by atomic mass is 10.2. The first kappa shape index (κ1) is 17.1. The highest BCUT2D eigenvalue weighted by molar-refractivity contribution is 6.36. The van der Waals surface area contributed by atoms with Crippen LogP contribution in [0.1, 0.15) is 5.56 Å². The topological polar surface area (TPSA) is 69.6 Å². The van der Waals surface area contributed by atoms with Crippen molar-refractivity contribution >= 4 is 51.7 Å². The van der Waals surface area contributed by atoms with Crippen molar-refractivity contribution < 1.29 is 0 Å². The van der Waals surface area contributed by atoms with E-state index in [0.29, 0.717) is 44.3 Å². The molecule has 130 valence electrons. The maximum Gasteiger partial charge on any atom is 0.164 e. The van der Waals surface area contributed by atoms with Crippen LogP contribution in [0.15, 0.2) is 48.7 Å². The van der Waals surface area contributed by atoms with Crippen LogP contribution in [0.2, 0.25) is 15.1 Å². The molecule has 4 rings (SSSR count). The van der Waals surface area contributed by atoms with Crippen LogP contribution < -0.4 is 5.73 Å². The number of hydrogen-bond acceptors (Lipinski definition) is 4. The summed E-state index contributed by atoms with van der Waals surface area (Å²) >= 11 is 18.5. The number of benzene rings is 2. The summed E-state index contributed by atoms with van der Waals surface area (Å²) in [5.74, 6) is 0.857. The predicted molar refractivity (Wildman–Crippen MR) is 106 cm³/mol. The number of nitrogens with zero attached hydrogens (tertiary/aromatic N) is 4. The van der Waals surface area contributed by atoms with E-state index in [9.17, 15) is 0 Å². The number of halogens is 3. The molecule has 0 spiro atoms. The molecule has 0 unspecified atom stereocenters. The normalized spacial score (nSPS) is 11.2. The Morgan fingerprint density at radius 2 is 1.62 bits per heavy atom. The van der Waals surface area contributed by atoms with Crippen LogP contribution >= 0.6 is 34.8 Å². The Morgan fingerprint density at radius 1 is 0.923 bits per heavy atom. The van der Waals surface area contributed by atoms with E-state index in [-0.39, 0.29) is 0 Å². The van der Waals surface area contributed by atoms with Crippen molar-refractivity contribution in [1.82, 2.24) is 19.7 Å². The Labute approximate surface area is 164 Å². The summed E-state index contributed by atoms with van der Waals surface area (Å²) in [6, 6.07) is 12.6. The summed E-state index contributed by atoms with van der Waals surface area (Å²) in [7, 11) is 0. The predicted octanol–water partition coefficient (Wildman–Crippen LogP) is 5.08. The lowest BCUT2D eigenvalue weighted by molar-refractivity contribution is 0.704. The van der Waals surface area contributed by atoms with Crippen LogP contribution in [-0.4, -0.2) is 19.7 Å². The van der Waals surface area contributed by atoms with Crippen LogP contribution in [-0.2, 0) is 6.54 Å². The monoisotopic (exact) mass is 403 g/mol. The van der Waals surface area contributed by atoms with E-state index >= 15 is 0 Å². The number of fused-ring (bicyclic) bond motifs is 1. The molecule has 0 aliphatic carbocycles. The summed E-state index contributed by atoms with van der Waals surface area (Å²) < 4.78 is 1.71. The van der Waals surface area contributed by atoms with Gasteiger partial charge in [0.2, 0.25) is 0 Å². The van der Waals surface area contributed by atoms with Crippen molar-refractivity contribution in [1.29, 1.82) is 0 Å². The molecular weight excluding hydrogens is 393 g/mol. The average Bonchev–Trinajstić information content (AvgIpc) is 3.02. The highest BCUT2D eigenvalue weighted by Crippen LogP contribution is 2.28. The number of rotatable bonds is 3. The van der Waals surface area contributed by atoms with E-state index in [0.717, 1.165) is 11.1 Å². The second kappa shape index (κ2) is 6.76. The molecular formula is C18H12Cl3N5. The highest BCUT2D eigenvalue weighted by Gasteiger charge is 2.14. The molecule has 26 heavy (non-hydrogen) atoms. The fraction of sp³-hybridized carbons (Fsp3) is 0.0556. The minimum atomic E-state index is 0.358. The van der Waals surface area contributed by atoms with Crippen molar-refractivity contribution in [2.24, 2.45) is 0 Å². The number of hydrogen-bond donors (Lipinski definition) is 1. The van der Waals surface area contributed by atoms with Gasteiger partial charge in [0.05, 0.1) is 18.1 Å². The Balaban J connectivity index is 1.83. The lowest BCUT2D eigenvalue weighted by Gasteiger charge is -2.09. The van der Waals surface area contributed by atoms with Gasteiger partial charge < -0.3 is 5.73 Å². The molecule has 0 amide bonds. The van der Waals surface area contributed by atoms with Gasteiger partial charge >= 0.3 is 0 Å². The van der Waals surface area contributed by atoms with Crippen LogP contribution in [0.5, 0.6) is 0 Å².